The van der Waals surface area contributed by atoms with Gasteiger partial charge in [-0.3, -0.25) is 0 Å². The van der Waals surface area contributed by atoms with Crippen molar-refractivity contribution in [2.24, 2.45) is 0 Å². The van der Waals surface area contributed by atoms with Gasteiger partial charge in [0.2, 0.25) is 0 Å². The van der Waals surface area contributed by atoms with Gasteiger partial charge >= 0.3 is 11.6 Å². The topological polar surface area (TPSA) is 65.7 Å². The summed E-state index contributed by atoms with van der Waals surface area (Å²) in [7, 11) is 0. The van der Waals surface area contributed by atoms with E-state index in [2.05, 4.69) is 6.58 Å². The molecule has 5 nitrogen and oxygen atoms in total. The van der Waals surface area contributed by atoms with E-state index in [1.807, 2.05) is 0 Å². The van der Waals surface area contributed by atoms with Gasteiger partial charge in [-0.1, -0.05) is 18.2 Å². The molecule has 1 unspecified atom stereocenters. The Balaban J connectivity index is 1.81. The van der Waals surface area contributed by atoms with Gasteiger partial charge in [-0.15, -0.1) is 0 Å². The molecule has 1 aliphatic heterocycles. The molecular weight excluding hydrogens is 308 g/mol. The van der Waals surface area contributed by atoms with Crippen LogP contribution in [0.2, 0.25) is 5.02 Å². The van der Waals surface area contributed by atoms with Crippen LogP contribution in [-0.4, -0.2) is 18.7 Å². The van der Waals surface area contributed by atoms with Crippen molar-refractivity contribution in [2.75, 3.05) is 6.61 Å². The van der Waals surface area contributed by atoms with Crippen molar-refractivity contribution in [3.05, 3.63) is 51.4 Å². The maximum Gasteiger partial charge on any atom is 0.355 e. The van der Waals surface area contributed by atoms with Crippen LogP contribution in [0.5, 0.6) is 5.75 Å². The monoisotopic (exact) mass is 320 g/mol. The number of carbonyl (C=O) groups excluding carboxylic acids is 1. The Bertz CT molecular complexity index is 820. The van der Waals surface area contributed by atoms with Gasteiger partial charge in [-0.25, -0.2) is 9.59 Å². The molecule has 2 aromatic rings. The quantitative estimate of drug-likeness (QED) is 0.494. The third-order valence-corrected chi connectivity index (χ3v) is 3.98. The van der Waals surface area contributed by atoms with Crippen molar-refractivity contribution in [1.82, 2.24) is 0 Å². The third-order valence-electron chi connectivity index (χ3n) is 3.54. The first-order valence-electron chi connectivity index (χ1n) is 6.70. The van der Waals surface area contributed by atoms with Gasteiger partial charge in [0.25, 0.3) is 0 Å². The van der Waals surface area contributed by atoms with Crippen LogP contribution in [0.25, 0.3) is 11.0 Å². The lowest BCUT2D eigenvalue weighted by Crippen LogP contribution is -2.17. The summed E-state index contributed by atoms with van der Waals surface area (Å²) in [6, 6.07) is 5.14. The number of hydrogen-bond donors (Lipinski definition) is 0. The number of halogens is 1. The van der Waals surface area contributed by atoms with E-state index in [0.29, 0.717) is 28.9 Å². The van der Waals surface area contributed by atoms with Gasteiger partial charge in [-0.2, -0.15) is 0 Å². The molecule has 1 aromatic heterocycles. The molecule has 3 rings (SSSR count). The molecule has 0 radical (unpaired) electrons. The summed E-state index contributed by atoms with van der Waals surface area (Å²) in [5.74, 6) is 0.134. The number of carbonyl (C=O) groups is 1. The molecule has 0 spiro atoms. The van der Waals surface area contributed by atoms with Gasteiger partial charge in [0.15, 0.2) is 0 Å². The fourth-order valence-corrected chi connectivity index (χ4v) is 2.46. The number of ether oxygens (including phenoxy) is 2. The van der Waals surface area contributed by atoms with Gasteiger partial charge < -0.3 is 13.9 Å². The lowest BCUT2D eigenvalue weighted by molar-refractivity contribution is -0.139. The highest BCUT2D eigenvalue weighted by Crippen LogP contribution is 2.26. The molecule has 1 aliphatic rings. The number of benzene rings is 1. The molecule has 22 heavy (non-hydrogen) atoms. The molecule has 0 N–H and O–H groups in total. The zero-order chi connectivity index (χ0) is 15.9. The highest BCUT2D eigenvalue weighted by atomic mass is 35.5. The van der Waals surface area contributed by atoms with Crippen LogP contribution in [-0.2, 0) is 9.53 Å². The van der Waals surface area contributed by atoms with E-state index in [4.69, 9.17) is 25.5 Å². The van der Waals surface area contributed by atoms with E-state index >= 15 is 0 Å². The van der Waals surface area contributed by atoms with Crippen LogP contribution in [0.4, 0.5) is 0 Å². The Morgan fingerprint density at radius 1 is 1.41 bits per heavy atom. The molecule has 0 bridgehead atoms. The third kappa shape index (κ3) is 2.60. The summed E-state index contributed by atoms with van der Waals surface area (Å²) >= 11 is 5.88. The average Bonchev–Trinajstić information content (AvgIpc) is 2.81. The summed E-state index contributed by atoms with van der Waals surface area (Å²) in [5, 5.41) is 0.829. The molecule has 0 amide bonds. The Kier molecular flexibility index (Phi) is 3.66. The van der Waals surface area contributed by atoms with Crippen molar-refractivity contribution >= 4 is 28.5 Å². The summed E-state index contributed by atoms with van der Waals surface area (Å²) < 4.78 is 15.8. The second kappa shape index (κ2) is 5.50. The minimum absolute atomic E-state index is 0.0811. The van der Waals surface area contributed by atoms with E-state index in [1.165, 1.54) is 0 Å². The first kappa shape index (κ1) is 14.7. The Labute approximate surface area is 131 Å². The number of aryl methyl sites for hydroxylation is 1. The molecule has 2 heterocycles. The van der Waals surface area contributed by atoms with Crippen molar-refractivity contribution < 1.29 is 18.7 Å². The number of rotatable bonds is 3. The lowest BCUT2D eigenvalue weighted by atomic mass is 10.1. The van der Waals surface area contributed by atoms with Crippen molar-refractivity contribution in [1.29, 1.82) is 0 Å². The van der Waals surface area contributed by atoms with Crippen LogP contribution in [0.15, 0.2) is 39.6 Å². The molecule has 0 aliphatic carbocycles. The van der Waals surface area contributed by atoms with Crippen LogP contribution in [0.3, 0.4) is 0 Å². The van der Waals surface area contributed by atoms with E-state index in [1.54, 1.807) is 25.1 Å². The van der Waals surface area contributed by atoms with Crippen molar-refractivity contribution in [3.63, 3.8) is 0 Å². The van der Waals surface area contributed by atoms with Crippen LogP contribution >= 0.6 is 11.6 Å². The van der Waals surface area contributed by atoms with Gasteiger partial charge in [0, 0.05) is 23.4 Å². The minimum Gasteiger partial charge on any atom is -0.490 e. The van der Waals surface area contributed by atoms with Crippen LogP contribution in [0, 0.1) is 6.92 Å². The summed E-state index contributed by atoms with van der Waals surface area (Å²) in [6.45, 7) is 5.59. The number of cyclic esters (lactones) is 1. The van der Waals surface area contributed by atoms with Gasteiger partial charge in [0.1, 0.15) is 29.1 Å². The lowest BCUT2D eigenvalue weighted by Gasteiger charge is -2.11. The smallest absolute Gasteiger partial charge is 0.355 e. The number of hydrogen-bond acceptors (Lipinski definition) is 5. The van der Waals surface area contributed by atoms with E-state index in [-0.39, 0.29) is 23.7 Å². The Morgan fingerprint density at radius 3 is 2.86 bits per heavy atom. The highest BCUT2D eigenvalue weighted by Gasteiger charge is 2.27. The van der Waals surface area contributed by atoms with E-state index in [0.717, 1.165) is 5.39 Å². The minimum atomic E-state index is -0.579. The van der Waals surface area contributed by atoms with Crippen molar-refractivity contribution in [3.8, 4) is 5.75 Å². The van der Waals surface area contributed by atoms with Crippen LogP contribution < -0.4 is 10.4 Å². The molecule has 114 valence electrons. The zero-order valence-electron chi connectivity index (χ0n) is 11.8. The van der Waals surface area contributed by atoms with E-state index in [9.17, 15) is 9.59 Å². The second-order valence-corrected chi connectivity index (χ2v) is 5.51. The molecular formula is C16H13ClO5. The van der Waals surface area contributed by atoms with Gasteiger partial charge in [-0.05, 0) is 24.6 Å². The molecule has 1 fully saturated rings. The SMILES string of the molecule is C=C1CC(COc2ccc3c(C)c(Cl)c(=O)oc3c2)OC1=O. The fourth-order valence-electron chi connectivity index (χ4n) is 2.32. The molecule has 1 aromatic carbocycles. The maximum absolute atomic E-state index is 11.6. The fraction of sp³-hybridized carbons (Fsp3) is 0.250. The van der Waals surface area contributed by atoms with Crippen LogP contribution in [0.1, 0.15) is 12.0 Å². The zero-order valence-corrected chi connectivity index (χ0v) is 12.6. The second-order valence-electron chi connectivity index (χ2n) is 5.13. The Morgan fingerprint density at radius 2 is 2.18 bits per heavy atom. The standard InChI is InChI=1S/C16H13ClO5/c1-8-5-11(21-15(8)18)7-20-10-3-4-12-9(2)14(17)16(19)22-13(12)6-10/h3-4,6,11H,1,5,7H2,2H3. The molecule has 0 saturated carbocycles. The van der Waals surface area contributed by atoms with Gasteiger partial charge in [0.05, 0.1) is 0 Å². The van der Waals surface area contributed by atoms with Crippen molar-refractivity contribution in [2.45, 2.75) is 19.4 Å². The summed E-state index contributed by atoms with van der Waals surface area (Å²) in [4.78, 5) is 22.8. The summed E-state index contributed by atoms with van der Waals surface area (Å²) in [6.07, 6.45) is 0.116. The van der Waals surface area contributed by atoms with E-state index < -0.39 is 5.63 Å². The average molecular weight is 321 g/mol. The number of esters is 1. The predicted octanol–water partition coefficient (Wildman–Crippen LogP) is 3.01. The Hall–Kier alpha value is -2.27. The maximum atomic E-state index is 11.6. The normalized spacial score (nSPS) is 17.8. The molecule has 1 saturated heterocycles. The first-order chi connectivity index (χ1) is 10.5. The molecule has 6 heteroatoms. The largest absolute Gasteiger partial charge is 0.490 e. The summed E-state index contributed by atoms with van der Waals surface area (Å²) in [5.41, 5.74) is 0.936. The molecule has 1 atom stereocenters. The predicted molar refractivity (Wildman–Crippen MR) is 81.4 cm³/mol. The number of fused-ring (bicyclic) bond motifs is 1. The highest BCUT2D eigenvalue weighted by molar-refractivity contribution is 6.31. The first-order valence-corrected chi connectivity index (χ1v) is 7.08.